The Hall–Kier alpha value is -0.485. The molecule has 3 fully saturated rings. The van der Waals surface area contributed by atoms with Crippen LogP contribution in [-0.2, 0) is 14.9 Å². The molecule has 25 heavy (non-hydrogen) atoms. The highest BCUT2D eigenvalue weighted by atomic mass is 32.1. The van der Waals surface area contributed by atoms with Gasteiger partial charge in [-0.05, 0) is 55.2 Å². The van der Waals surface area contributed by atoms with Crippen molar-refractivity contribution in [3.63, 3.8) is 0 Å². The second kappa shape index (κ2) is 7.63. The van der Waals surface area contributed by atoms with Gasteiger partial charge in [-0.25, -0.2) is 0 Å². The molecule has 0 spiro atoms. The van der Waals surface area contributed by atoms with E-state index in [4.69, 9.17) is 9.31 Å². The van der Waals surface area contributed by atoms with Gasteiger partial charge in [0.25, 0.3) is 0 Å². The zero-order valence-electron chi connectivity index (χ0n) is 14.9. The lowest BCUT2D eigenvalue weighted by molar-refractivity contribution is -0.0682. The van der Waals surface area contributed by atoms with Crippen molar-refractivity contribution in [2.75, 3.05) is 0 Å². The molecule has 2 atom stereocenters. The largest absolute Gasteiger partial charge is 0.637 e. The van der Waals surface area contributed by atoms with Crippen LogP contribution >= 0.6 is 12.6 Å². The normalized spacial score (nSPS) is 32.2. The molecule has 1 heterocycles. The second-order valence-corrected chi connectivity index (χ2v) is 8.57. The highest BCUT2D eigenvalue weighted by molar-refractivity contribution is 7.80. The maximum absolute atomic E-state index is 10.4. The van der Waals surface area contributed by atoms with E-state index >= 15 is 0 Å². The summed E-state index contributed by atoms with van der Waals surface area (Å²) in [6.07, 6.45) is 12.3. The molecule has 0 radical (unpaired) electrons. The monoisotopic (exact) mass is 360 g/mol. The van der Waals surface area contributed by atoms with Crippen LogP contribution in [0.5, 0.6) is 0 Å². The maximum atomic E-state index is 10.4. The van der Waals surface area contributed by atoms with Crippen LogP contribution in [0.3, 0.4) is 0 Å². The number of rotatable bonds is 3. The van der Waals surface area contributed by atoms with E-state index in [9.17, 15) is 5.02 Å². The molecule has 4 rings (SSSR count). The summed E-state index contributed by atoms with van der Waals surface area (Å²) >= 11 is 4.45. The van der Waals surface area contributed by atoms with Gasteiger partial charge in [0, 0.05) is 4.90 Å². The summed E-state index contributed by atoms with van der Waals surface area (Å²) in [5.74, 6) is 0.889. The Balaban J connectivity index is 1.75. The van der Waals surface area contributed by atoms with Gasteiger partial charge in [-0.1, -0.05) is 50.7 Å². The fourth-order valence-electron chi connectivity index (χ4n) is 5.44. The molecule has 5 heteroatoms. The third-order valence-electron chi connectivity index (χ3n) is 6.59. The second-order valence-electron chi connectivity index (χ2n) is 8.05. The number of benzene rings is 1. The Kier molecular flexibility index (Phi) is 5.47. The third-order valence-corrected chi connectivity index (χ3v) is 6.89. The van der Waals surface area contributed by atoms with Crippen molar-refractivity contribution in [1.82, 2.24) is 0 Å². The van der Waals surface area contributed by atoms with Gasteiger partial charge >= 0.3 is 7.32 Å². The molecule has 0 amide bonds. The molecule has 0 bridgehead atoms. The van der Waals surface area contributed by atoms with E-state index in [1.54, 1.807) is 0 Å². The zero-order chi connectivity index (χ0) is 17.3. The lowest BCUT2D eigenvalue weighted by Crippen LogP contribution is -2.48. The molecule has 1 aliphatic heterocycles. The van der Waals surface area contributed by atoms with Crippen molar-refractivity contribution >= 4 is 20.0 Å². The zero-order valence-corrected chi connectivity index (χ0v) is 15.8. The predicted molar refractivity (Wildman–Crippen MR) is 102 cm³/mol. The lowest BCUT2D eigenvalue weighted by atomic mass is 9.66. The SMILES string of the molecule is OB1OC(C2CCCCC2)C(c2ccc(S)cc2)(C2CCCCC2)O1. The molecule has 1 saturated heterocycles. The van der Waals surface area contributed by atoms with Crippen LogP contribution < -0.4 is 0 Å². The number of hydrogen-bond acceptors (Lipinski definition) is 4. The van der Waals surface area contributed by atoms with E-state index in [1.165, 1.54) is 51.4 Å². The van der Waals surface area contributed by atoms with E-state index in [0.717, 1.165) is 23.3 Å². The van der Waals surface area contributed by atoms with E-state index in [0.29, 0.717) is 11.8 Å². The van der Waals surface area contributed by atoms with Crippen molar-refractivity contribution in [2.24, 2.45) is 11.8 Å². The van der Waals surface area contributed by atoms with Crippen molar-refractivity contribution in [3.8, 4) is 0 Å². The first-order chi connectivity index (χ1) is 12.2. The van der Waals surface area contributed by atoms with Gasteiger partial charge in [-0.15, -0.1) is 12.6 Å². The van der Waals surface area contributed by atoms with Crippen LogP contribution in [0.25, 0.3) is 0 Å². The van der Waals surface area contributed by atoms with Crippen molar-refractivity contribution < 1.29 is 14.3 Å². The van der Waals surface area contributed by atoms with Crippen LogP contribution in [0.2, 0.25) is 0 Å². The van der Waals surface area contributed by atoms with Gasteiger partial charge in [0.15, 0.2) is 0 Å². The van der Waals surface area contributed by atoms with Gasteiger partial charge in [-0.3, -0.25) is 0 Å². The fraction of sp³-hybridized carbons (Fsp3) is 0.700. The number of thiol groups is 1. The molecule has 0 aromatic heterocycles. The Morgan fingerprint density at radius 3 is 2.16 bits per heavy atom. The molecule has 136 valence electrons. The molecular formula is C20H29BO3S. The molecule has 2 unspecified atom stereocenters. The van der Waals surface area contributed by atoms with Crippen molar-refractivity contribution in [2.45, 2.75) is 80.8 Å². The van der Waals surface area contributed by atoms with E-state index in [2.05, 4.69) is 24.8 Å². The minimum absolute atomic E-state index is 0.0448. The molecule has 1 aromatic carbocycles. The van der Waals surface area contributed by atoms with Gasteiger partial charge in [0.1, 0.15) is 5.60 Å². The van der Waals surface area contributed by atoms with Crippen LogP contribution in [0.15, 0.2) is 29.2 Å². The molecule has 3 nitrogen and oxygen atoms in total. The average Bonchev–Trinajstić information content (AvgIpc) is 3.02. The van der Waals surface area contributed by atoms with Crippen LogP contribution in [0.1, 0.15) is 69.8 Å². The minimum Gasteiger partial charge on any atom is -0.402 e. The molecule has 1 aromatic rings. The average molecular weight is 360 g/mol. The lowest BCUT2D eigenvalue weighted by Gasteiger charge is -2.46. The first-order valence-corrected chi connectivity index (χ1v) is 10.5. The smallest absolute Gasteiger partial charge is 0.402 e. The van der Waals surface area contributed by atoms with E-state index < -0.39 is 12.9 Å². The van der Waals surface area contributed by atoms with Crippen LogP contribution in [0.4, 0.5) is 0 Å². The summed E-state index contributed by atoms with van der Waals surface area (Å²) in [5.41, 5.74) is 0.646. The fourth-order valence-corrected chi connectivity index (χ4v) is 5.59. The summed E-state index contributed by atoms with van der Waals surface area (Å²) in [5, 5.41) is 10.4. The summed E-state index contributed by atoms with van der Waals surface area (Å²) in [4.78, 5) is 0.955. The Labute approximate surface area is 157 Å². The molecule has 2 aliphatic carbocycles. The Morgan fingerprint density at radius 2 is 1.52 bits per heavy atom. The minimum atomic E-state index is -1.11. The van der Waals surface area contributed by atoms with Crippen LogP contribution in [0, 0.1) is 11.8 Å². The molecule has 1 N–H and O–H groups in total. The molecular weight excluding hydrogens is 331 g/mol. The predicted octanol–water partition coefficient (Wildman–Crippen LogP) is 4.72. The standard InChI is InChI=1S/C20H29BO3S/c22-21-23-19(15-7-3-1-4-8-15)20(24-21,16-9-5-2-6-10-16)17-11-13-18(25)14-12-17/h11-16,19,22,25H,1-10H2. The highest BCUT2D eigenvalue weighted by Gasteiger charge is 2.59. The highest BCUT2D eigenvalue weighted by Crippen LogP contribution is 2.52. The summed E-state index contributed by atoms with van der Waals surface area (Å²) in [6, 6.07) is 8.34. The van der Waals surface area contributed by atoms with Gasteiger partial charge in [0.05, 0.1) is 6.10 Å². The van der Waals surface area contributed by atoms with Gasteiger partial charge in [-0.2, -0.15) is 0 Å². The van der Waals surface area contributed by atoms with Crippen molar-refractivity contribution in [3.05, 3.63) is 29.8 Å². The maximum Gasteiger partial charge on any atom is 0.637 e. The van der Waals surface area contributed by atoms with E-state index in [1.807, 2.05) is 12.1 Å². The van der Waals surface area contributed by atoms with Crippen molar-refractivity contribution in [1.29, 1.82) is 0 Å². The summed E-state index contributed by atoms with van der Waals surface area (Å²) in [7, 11) is -1.11. The molecule has 3 aliphatic rings. The van der Waals surface area contributed by atoms with E-state index in [-0.39, 0.29) is 6.10 Å². The third kappa shape index (κ3) is 3.41. The van der Waals surface area contributed by atoms with Gasteiger partial charge < -0.3 is 14.3 Å². The van der Waals surface area contributed by atoms with Crippen LogP contribution in [-0.4, -0.2) is 18.4 Å². The first-order valence-electron chi connectivity index (χ1n) is 10.0. The topological polar surface area (TPSA) is 38.7 Å². The first kappa shape index (κ1) is 17.9. The number of hydrogen-bond donors (Lipinski definition) is 2. The summed E-state index contributed by atoms with van der Waals surface area (Å²) in [6.45, 7) is 0. The van der Waals surface area contributed by atoms with Gasteiger partial charge in [0.2, 0.25) is 0 Å². The molecule has 2 saturated carbocycles. The summed E-state index contributed by atoms with van der Waals surface area (Å²) < 4.78 is 12.4. The quantitative estimate of drug-likeness (QED) is 0.605. The Morgan fingerprint density at radius 1 is 0.920 bits per heavy atom. The Bertz CT molecular complexity index is 569.